The van der Waals surface area contributed by atoms with Gasteiger partial charge in [0.2, 0.25) is 0 Å². The van der Waals surface area contributed by atoms with Crippen LogP contribution in [-0.2, 0) is 4.74 Å². The summed E-state index contributed by atoms with van der Waals surface area (Å²) in [5.74, 6) is -0.376. The van der Waals surface area contributed by atoms with Crippen molar-refractivity contribution < 1.29 is 9.13 Å². The Kier molecular flexibility index (Phi) is 4.95. The third-order valence-corrected chi connectivity index (χ3v) is 4.45. The fraction of sp³-hybridized carbons (Fsp3) is 0.600. The highest BCUT2D eigenvalue weighted by molar-refractivity contribution is 6.31. The van der Waals surface area contributed by atoms with E-state index in [9.17, 15) is 4.39 Å². The highest BCUT2D eigenvalue weighted by Crippen LogP contribution is 2.23. The molecule has 0 amide bonds. The topological polar surface area (TPSA) is 36.5 Å². The van der Waals surface area contributed by atoms with Gasteiger partial charge in [-0.2, -0.15) is 0 Å². The smallest absolute Gasteiger partial charge is 0.141 e. The fourth-order valence-corrected chi connectivity index (χ4v) is 3.20. The van der Waals surface area contributed by atoms with Crippen molar-refractivity contribution in [3.8, 4) is 0 Å². The van der Waals surface area contributed by atoms with Gasteiger partial charge in [-0.15, -0.1) is 0 Å². The first-order valence-electron chi connectivity index (χ1n) is 7.49. The molecule has 1 aromatic carbocycles. The van der Waals surface area contributed by atoms with Crippen LogP contribution in [0.15, 0.2) is 18.2 Å². The van der Waals surface area contributed by atoms with Crippen molar-refractivity contribution in [3.63, 3.8) is 0 Å². The van der Waals surface area contributed by atoms with E-state index in [-0.39, 0.29) is 10.8 Å². The van der Waals surface area contributed by atoms with Gasteiger partial charge in [0.15, 0.2) is 0 Å². The van der Waals surface area contributed by atoms with E-state index in [1.807, 2.05) is 0 Å². The van der Waals surface area contributed by atoms with Crippen molar-refractivity contribution in [2.75, 3.05) is 38.2 Å². The first-order chi connectivity index (χ1) is 10.2. The molecule has 2 N–H and O–H groups in total. The van der Waals surface area contributed by atoms with Crippen LogP contribution >= 0.6 is 11.6 Å². The monoisotopic (exact) mass is 313 g/mol. The highest BCUT2D eigenvalue weighted by Gasteiger charge is 2.27. The van der Waals surface area contributed by atoms with E-state index >= 15 is 0 Å². The first kappa shape index (κ1) is 15.0. The van der Waals surface area contributed by atoms with Gasteiger partial charge in [-0.25, -0.2) is 4.39 Å². The summed E-state index contributed by atoms with van der Waals surface area (Å²) < 4.78 is 18.6. The van der Waals surface area contributed by atoms with Gasteiger partial charge in [0.05, 0.1) is 24.4 Å². The molecule has 3 rings (SSSR count). The standard InChI is InChI=1S/C15H21ClFN3O/c16-13-9-11(1-2-14(13)17)19-12-3-4-18-15(10-12)20-5-7-21-8-6-20/h1-2,9,12,15,18-19H,3-8,10H2. The van der Waals surface area contributed by atoms with E-state index < -0.39 is 0 Å². The summed E-state index contributed by atoms with van der Waals surface area (Å²) in [6.45, 7) is 4.56. The minimum absolute atomic E-state index is 0.165. The van der Waals surface area contributed by atoms with Gasteiger partial charge in [-0.3, -0.25) is 4.90 Å². The lowest BCUT2D eigenvalue weighted by Crippen LogP contribution is -2.55. The molecule has 6 heteroatoms. The van der Waals surface area contributed by atoms with Gasteiger partial charge in [0.1, 0.15) is 5.82 Å². The zero-order valence-electron chi connectivity index (χ0n) is 11.9. The number of hydrogen-bond donors (Lipinski definition) is 2. The average Bonchev–Trinajstić information content (AvgIpc) is 2.52. The number of rotatable bonds is 3. The summed E-state index contributed by atoms with van der Waals surface area (Å²) in [6, 6.07) is 5.18. The molecule has 2 aliphatic heterocycles. The van der Waals surface area contributed by atoms with Crippen LogP contribution in [0.4, 0.5) is 10.1 Å². The Balaban J connectivity index is 1.59. The largest absolute Gasteiger partial charge is 0.382 e. The van der Waals surface area contributed by atoms with Gasteiger partial charge in [-0.05, 0) is 37.6 Å². The number of benzene rings is 1. The molecule has 2 unspecified atom stereocenters. The van der Waals surface area contributed by atoms with Crippen LogP contribution in [-0.4, -0.2) is 50.0 Å². The number of halogens is 2. The van der Waals surface area contributed by atoms with Crippen molar-refractivity contribution in [1.82, 2.24) is 10.2 Å². The van der Waals surface area contributed by atoms with Crippen molar-refractivity contribution in [2.45, 2.75) is 25.0 Å². The van der Waals surface area contributed by atoms with Gasteiger partial charge in [-0.1, -0.05) is 11.6 Å². The molecule has 0 spiro atoms. The summed E-state index contributed by atoms with van der Waals surface area (Å²) in [7, 11) is 0. The highest BCUT2D eigenvalue weighted by atomic mass is 35.5. The summed E-state index contributed by atoms with van der Waals surface area (Å²) in [6.07, 6.45) is 2.46. The van der Waals surface area contributed by atoms with Gasteiger partial charge >= 0.3 is 0 Å². The fourth-order valence-electron chi connectivity index (χ4n) is 3.01. The van der Waals surface area contributed by atoms with E-state index in [0.29, 0.717) is 12.2 Å². The van der Waals surface area contributed by atoms with E-state index in [0.717, 1.165) is 51.4 Å². The molecule has 4 nitrogen and oxygen atoms in total. The quantitative estimate of drug-likeness (QED) is 0.898. The van der Waals surface area contributed by atoms with E-state index in [4.69, 9.17) is 16.3 Å². The van der Waals surface area contributed by atoms with Crippen molar-refractivity contribution in [1.29, 1.82) is 0 Å². The lowest BCUT2D eigenvalue weighted by atomic mass is 10.0. The molecule has 2 saturated heterocycles. The molecule has 0 aromatic heterocycles. The van der Waals surface area contributed by atoms with Gasteiger partial charge in [0.25, 0.3) is 0 Å². The maximum absolute atomic E-state index is 13.2. The third-order valence-electron chi connectivity index (χ3n) is 4.16. The molecule has 0 bridgehead atoms. The lowest BCUT2D eigenvalue weighted by molar-refractivity contribution is 0.00140. The average molecular weight is 314 g/mol. The molecule has 2 atom stereocenters. The van der Waals surface area contributed by atoms with Crippen LogP contribution in [0.2, 0.25) is 5.02 Å². The van der Waals surface area contributed by atoms with E-state index in [1.54, 1.807) is 12.1 Å². The minimum atomic E-state index is -0.376. The first-order valence-corrected chi connectivity index (χ1v) is 7.87. The summed E-state index contributed by atoms with van der Waals surface area (Å²) in [5.41, 5.74) is 0.883. The van der Waals surface area contributed by atoms with E-state index in [2.05, 4.69) is 15.5 Å². The molecular formula is C15H21ClFN3O. The maximum Gasteiger partial charge on any atom is 0.141 e. The molecule has 2 fully saturated rings. The molecular weight excluding hydrogens is 293 g/mol. The predicted molar refractivity (Wildman–Crippen MR) is 82.2 cm³/mol. The summed E-state index contributed by atoms with van der Waals surface area (Å²) in [4.78, 5) is 2.44. The number of piperidine rings is 1. The van der Waals surface area contributed by atoms with Crippen LogP contribution in [0.5, 0.6) is 0 Å². The minimum Gasteiger partial charge on any atom is -0.382 e. The predicted octanol–water partition coefficient (Wildman–Crippen LogP) is 2.30. The van der Waals surface area contributed by atoms with Crippen LogP contribution in [0.25, 0.3) is 0 Å². The summed E-state index contributed by atoms with van der Waals surface area (Å²) in [5, 5.41) is 7.20. The van der Waals surface area contributed by atoms with Crippen molar-refractivity contribution in [3.05, 3.63) is 29.0 Å². The number of ether oxygens (including phenoxy) is 1. The van der Waals surface area contributed by atoms with Crippen molar-refractivity contribution >= 4 is 17.3 Å². The molecule has 1 aromatic rings. The molecule has 0 aliphatic carbocycles. The Labute approximate surface area is 129 Å². The van der Waals surface area contributed by atoms with Gasteiger partial charge < -0.3 is 15.4 Å². The molecule has 0 saturated carbocycles. The second-order valence-corrected chi connectivity index (χ2v) is 6.02. The Morgan fingerprint density at radius 3 is 2.90 bits per heavy atom. The maximum atomic E-state index is 13.2. The van der Waals surface area contributed by atoms with Crippen molar-refractivity contribution in [2.24, 2.45) is 0 Å². The molecule has 116 valence electrons. The molecule has 0 radical (unpaired) electrons. The zero-order chi connectivity index (χ0) is 14.7. The SMILES string of the molecule is Fc1ccc(NC2CCNC(N3CCOCC3)C2)cc1Cl. The Hall–Kier alpha value is -0.880. The molecule has 2 heterocycles. The van der Waals surface area contributed by atoms with Crippen LogP contribution in [0.3, 0.4) is 0 Å². The number of nitrogens with one attached hydrogen (secondary N) is 2. The van der Waals surface area contributed by atoms with Crippen LogP contribution in [0.1, 0.15) is 12.8 Å². The number of morpholine rings is 1. The Morgan fingerprint density at radius 1 is 1.33 bits per heavy atom. The molecule has 21 heavy (non-hydrogen) atoms. The number of nitrogens with zero attached hydrogens (tertiary/aromatic N) is 1. The Morgan fingerprint density at radius 2 is 2.14 bits per heavy atom. The normalized spacial score (nSPS) is 27.5. The molecule has 2 aliphatic rings. The number of anilines is 1. The zero-order valence-corrected chi connectivity index (χ0v) is 12.7. The van der Waals surface area contributed by atoms with E-state index in [1.165, 1.54) is 6.07 Å². The number of hydrogen-bond acceptors (Lipinski definition) is 4. The second kappa shape index (κ2) is 6.92. The lowest BCUT2D eigenvalue weighted by Gasteiger charge is -2.40. The second-order valence-electron chi connectivity index (χ2n) is 5.61. The third kappa shape index (κ3) is 3.86. The Bertz CT molecular complexity index is 482. The summed E-state index contributed by atoms with van der Waals surface area (Å²) >= 11 is 5.83. The van der Waals surface area contributed by atoms with Crippen LogP contribution in [0, 0.1) is 5.82 Å². The van der Waals surface area contributed by atoms with Crippen LogP contribution < -0.4 is 10.6 Å². The van der Waals surface area contributed by atoms with Gasteiger partial charge in [0, 0.05) is 24.8 Å².